The summed E-state index contributed by atoms with van der Waals surface area (Å²) >= 11 is 0. The molecule has 1 aliphatic carbocycles. The number of pyridine rings is 1. The average Bonchev–Trinajstić information content (AvgIpc) is 2.99. The van der Waals surface area contributed by atoms with E-state index in [0.717, 1.165) is 18.5 Å². The molecule has 1 saturated carbocycles. The van der Waals surface area contributed by atoms with Crippen LogP contribution in [0.25, 0.3) is 0 Å². The monoisotopic (exact) mass is 222 g/mol. The van der Waals surface area contributed by atoms with E-state index in [0.29, 0.717) is 11.6 Å². The number of rotatable bonds is 4. The van der Waals surface area contributed by atoms with E-state index in [1.807, 2.05) is 0 Å². The second-order valence-corrected chi connectivity index (χ2v) is 4.28. The SMILES string of the molecule is Cc1ccc([N+](=O)[O-])c(CC(O)C2CC2)n1. The predicted molar refractivity (Wildman–Crippen MR) is 58.1 cm³/mol. The third-order valence-electron chi connectivity index (χ3n) is 2.85. The van der Waals surface area contributed by atoms with E-state index >= 15 is 0 Å². The Bertz CT molecular complexity index is 416. The van der Waals surface area contributed by atoms with Crippen molar-refractivity contribution in [3.05, 3.63) is 33.6 Å². The van der Waals surface area contributed by atoms with Gasteiger partial charge in [-0.25, -0.2) is 0 Å². The van der Waals surface area contributed by atoms with Crippen LogP contribution >= 0.6 is 0 Å². The lowest BCUT2D eigenvalue weighted by molar-refractivity contribution is -0.386. The largest absolute Gasteiger partial charge is 0.392 e. The molecule has 1 fully saturated rings. The van der Waals surface area contributed by atoms with E-state index < -0.39 is 11.0 Å². The highest BCUT2D eigenvalue weighted by Crippen LogP contribution is 2.34. The van der Waals surface area contributed by atoms with Gasteiger partial charge in [0.25, 0.3) is 5.69 Å². The van der Waals surface area contributed by atoms with Gasteiger partial charge >= 0.3 is 0 Å². The van der Waals surface area contributed by atoms with E-state index in [9.17, 15) is 15.2 Å². The first-order valence-corrected chi connectivity index (χ1v) is 5.37. The molecule has 1 aromatic rings. The molecule has 1 aromatic heterocycles. The number of nitrogens with zero attached hydrogens (tertiary/aromatic N) is 2. The van der Waals surface area contributed by atoms with Gasteiger partial charge in [-0.05, 0) is 31.7 Å². The fraction of sp³-hybridized carbons (Fsp3) is 0.545. The number of hydrogen-bond acceptors (Lipinski definition) is 4. The highest BCUT2D eigenvalue weighted by molar-refractivity contribution is 5.36. The number of aliphatic hydroxyl groups excluding tert-OH is 1. The van der Waals surface area contributed by atoms with Crippen LogP contribution < -0.4 is 0 Å². The smallest absolute Gasteiger partial charge is 0.290 e. The maximum Gasteiger partial charge on any atom is 0.290 e. The molecule has 5 heteroatoms. The molecule has 0 bridgehead atoms. The molecule has 1 N–H and O–H groups in total. The number of aliphatic hydroxyl groups is 1. The zero-order valence-corrected chi connectivity index (χ0v) is 9.09. The van der Waals surface area contributed by atoms with Gasteiger partial charge in [-0.3, -0.25) is 15.1 Å². The van der Waals surface area contributed by atoms with Crippen LogP contribution in [-0.2, 0) is 6.42 Å². The summed E-state index contributed by atoms with van der Waals surface area (Å²) in [4.78, 5) is 14.5. The van der Waals surface area contributed by atoms with E-state index in [2.05, 4.69) is 4.98 Å². The molecule has 0 amide bonds. The summed E-state index contributed by atoms with van der Waals surface area (Å²) in [6, 6.07) is 3.07. The standard InChI is InChI=1S/C11H14N2O3/c1-7-2-5-10(13(15)16)9(12-7)6-11(14)8-3-4-8/h2,5,8,11,14H,3-4,6H2,1H3. The fourth-order valence-electron chi connectivity index (χ4n) is 1.77. The van der Waals surface area contributed by atoms with Crippen LogP contribution in [0, 0.1) is 23.0 Å². The van der Waals surface area contributed by atoms with Crippen molar-refractivity contribution in [1.29, 1.82) is 0 Å². The van der Waals surface area contributed by atoms with Crippen LogP contribution in [0.15, 0.2) is 12.1 Å². The van der Waals surface area contributed by atoms with Gasteiger partial charge in [0.2, 0.25) is 0 Å². The lowest BCUT2D eigenvalue weighted by Gasteiger charge is -2.09. The van der Waals surface area contributed by atoms with E-state index in [1.165, 1.54) is 6.07 Å². The molecular weight excluding hydrogens is 208 g/mol. The van der Waals surface area contributed by atoms with Crippen molar-refractivity contribution >= 4 is 5.69 Å². The Morgan fingerprint density at radius 2 is 2.31 bits per heavy atom. The minimum atomic E-state index is -0.493. The predicted octanol–water partition coefficient (Wildman–Crippen LogP) is 1.61. The Morgan fingerprint density at radius 3 is 2.88 bits per heavy atom. The van der Waals surface area contributed by atoms with Gasteiger partial charge in [-0.15, -0.1) is 0 Å². The molecule has 0 aliphatic heterocycles. The van der Waals surface area contributed by atoms with Crippen molar-refractivity contribution in [3.63, 3.8) is 0 Å². The molecule has 0 aromatic carbocycles. The van der Waals surface area contributed by atoms with Crippen molar-refractivity contribution in [3.8, 4) is 0 Å². The van der Waals surface area contributed by atoms with Gasteiger partial charge in [-0.2, -0.15) is 0 Å². The van der Waals surface area contributed by atoms with Gasteiger partial charge in [0.05, 0.1) is 11.0 Å². The summed E-state index contributed by atoms with van der Waals surface area (Å²) in [7, 11) is 0. The Kier molecular flexibility index (Phi) is 2.87. The van der Waals surface area contributed by atoms with Crippen LogP contribution in [0.5, 0.6) is 0 Å². The fourth-order valence-corrected chi connectivity index (χ4v) is 1.77. The Morgan fingerprint density at radius 1 is 1.62 bits per heavy atom. The second-order valence-electron chi connectivity index (χ2n) is 4.28. The summed E-state index contributed by atoms with van der Waals surface area (Å²) in [5.41, 5.74) is 1.14. The van der Waals surface area contributed by atoms with Gasteiger partial charge < -0.3 is 5.11 Å². The first-order valence-electron chi connectivity index (χ1n) is 5.37. The third kappa shape index (κ3) is 2.36. The molecule has 1 atom stereocenters. The van der Waals surface area contributed by atoms with E-state index in [1.54, 1.807) is 13.0 Å². The van der Waals surface area contributed by atoms with E-state index in [-0.39, 0.29) is 12.1 Å². The molecule has 0 saturated heterocycles. The van der Waals surface area contributed by atoms with Crippen LogP contribution in [0.3, 0.4) is 0 Å². The van der Waals surface area contributed by atoms with E-state index in [4.69, 9.17) is 0 Å². The van der Waals surface area contributed by atoms with Crippen molar-refractivity contribution in [2.45, 2.75) is 32.3 Å². The first kappa shape index (κ1) is 11.0. The second kappa shape index (κ2) is 4.17. The van der Waals surface area contributed by atoms with Gasteiger partial charge in [0.1, 0.15) is 5.69 Å². The first-order chi connectivity index (χ1) is 7.58. The van der Waals surface area contributed by atoms with Crippen molar-refractivity contribution in [1.82, 2.24) is 4.98 Å². The van der Waals surface area contributed by atoms with Gasteiger partial charge in [0, 0.05) is 18.2 Å². The molecule has 5 nitrogen and oxygen atoms in total. The van der Waals surface area contributed by atoms with Gasteiger partial charge in [-0.1, -0.05) is 0 Å². The Labute approximate surface area is 93.3 Å². The van der Waals surface area contributed by atoms with Crippen LogP contribution in [0.1, 0.15) is 24.2 Å². The molecule has 86 valence electrons. The normalized spacial score (nSPS) is 17.1. The highest BCUT2D eigenvalue weighted by Gasteiger charge is 2.31. The lowest BCUT2D eigenvalue weighted by atomic mass is 10.1. The van der Waals surface area contributed by atoms with Crippen molar-refractivity contribution in [2.75, 3.05) is 0 Å². The Balaban J connectivity index is 2.22. The molecule has 1 aliphatic rings. The minimum Gasteiger partial charge on any atom is -0.392 e. The maximum atomic E-state index is 10.8. The number of nitro groups is 1. The summed E-state index contributed by atoms with van der Waals surface area (Å²) in [6.07, 6.45) is 1.82. The van der Waals surface area contributed by atoms with Crippen LogP contribution in [0.2, 0.25) is 0 Å². The quantitative estimate of drug-likeness (QED) is 0.620. The molecule has 0 spiro atoms. The maximum absolute atomic E-state index is 10.8. The summed E-state index contributed by atoms with van der Waals surface area (Å²) in [5, 5.41) is 20.6. The summed E-state index contributed by atoms with van der Waals surface area (Å²) in [5.74, 6) is 0.307. The zero-order chi connectivity index (χ0) is 11.7. The Hall–Kier alpha value is -1.49. The minimum absolute atomic E-state index is 0.00491. The number of hydrogen-bond donors (Lipinski definition) is 1. The average molecular weight is 222 g/mol. The highest BCUT2D eigenvalue weighted by atomic mass is 16.6. The van der Waals surface area contributed by atoms with Gasteiger partial charge in [0.15, 0.2) is 0 Å². The molecule has 16 heavy (non-hydrogen) atoms. The summed E-state index contributed by atoms with van der Waals surface area (Å²) < 4.78 is 0. The topological polar surface area (TPSA) is 76.3 Å². The van der Waals surface area contributed by atoms with Crippen molar-refractivity contribution in [2.24, 2.45) is 5.92 Å². The molecule has 0 radical (unpaired) electrons. The zero-order valence-electron chi connectivity index (χ0n) is 9.09. The van der Waals surface area contributed by atoms with Crippen LogP contribution in [-0.4, -0.2) is 21.1 Å². The molecular formula is C11H14N2O3. The molecule has 1 heterocycles. The molecule has 2 rings (SSSR count). The lowest BCUT2D eigenvalue weighted by Crippen LogP contribution is -2.15. The van der Waals surface area contributed by atoms with Crippen molar-refractivity contribution < 1.29 is 10.0 Å². The van der Waals surface area contributed by atoms with Crippen LogP contribution in [0.4, 0.5) is 5.69 Å². The number of aromatic nitrogens is 1. The number of aryl methyl sites for hydroxylation is 1. The molecule has 1 unspecified atom stereocenters. The third-order valence-corrected chi connectivity index (χ3v) is 2.85. The summed E-state index contributed by atoms with van der Waals surface area (Å²) in [6.45, 7) is 1.79.